The van der Waals surface area contributed by atoms with Crippen molar-refractivity contribution in [1.29, 1.82) is 0 Å². The molecule has 5 rings (SSSR count). The topological polar surface area (TPSA) is 111 Å². The smallest absolute Gasteiger partial charge is 0.329 e. The first-order valence-electron chi connectivity index (χ1n) is 11.9. The number of aromatic nitrogens is 4. The van der Waals surface area contributed by atoms with Crippen molar-refractivity contribution in [3.8, 4) is 17.0 Å². The van der Waals surface area contributed by atoms with Crippen LogP contribution < -0.4 is 15.7 Å². The third-order valence-corrected chi connectivity index (χ3v) is 6.98. The molecular weight excluding hydrogens is 446 g/mol. The number of carbonyl (C=O) groups is 1. The Morgan fingerprint density at radius 2 is 1.86 bits per heavy atom. The van der Waals surface area contributed by atoms with Crippen LogP contribution in [0, 0.1) is 0 Å². The number of pyridine rings is 2. The second-order valence-electron chi connectivity index (χ2n) is 9.21. The molecule has 1 saturated carbocycles. The van der Waals surface area contributed by atoms with E-state index in [2.05, 4.69) is 21.4 Å². The molecule has 0 aliphatic heterocycles. The summed E-state index contributed by atoms with van der Waals surface area (Å²) < 4.78 is 8.74. The van der Waals surface area contributed by atoms with Gasteiger partial charge < -0.3 is 15.2 Å². The van der Waals surface area contributed by atoms with E-state index in [1.54, 1.807) is 31.1 Å². The fourth-order valence-corrected chi connectivity index (χ4v) is 5.02. The summed E-state index contributed by atoms with van der Waals surface area (Å²) in [7, 11) is 3.37. The summed E-state index contributed by atoms with van der Waals surface area (Å²) >= 11 is 0. The zero-order valence-corrected chi connectivity index (χ0v) is 20.1. The Labute approximate surface area is 202 Å². The molecule has 35 heavy (non-hydrogen) atoms. The highest BCUT2D eigenvalue weighted by Gasteiger charge is 2.28. The van der Waals surface area contributed by atoms with Gasteiger partial charge in [0.1, 0.15) is 6.10 Å². The molecule has 1 aromatic carbocycles. The van der Waals surface area contributed by atoms with Crippen molar-refractivity contribution in [3.05, 3.63) is 53.2 Å². The third-order valence-electron chi connectivity index (χ3n) is 6.98. The van der Waals surface area contributed by atoms with E-state index in [4.69, 9.17) is 4.74 Å². The molecular formula is C26H29N5O4. The van der Waals surface area contributed by atoms with E-state index in [1.807, 2.05) is 28.8 Å². The average Bonchev–Trinajstić information content (AvgIpc) is 3.14. The molecule has 9 nitrogen and oxygen atoms in total. The molecule has 0 spiro atoms. The van der Waals surface area contributed by atoms with Gasteiger partial charge in [-0.2, -0.15) is 0 Å². The van der Waals surface area contributed by atoms with Crippen LogP contribution in [-0.4, -0.2) is 49.4 Å². The molecule has 1 aliphatic carbocycles. The summed E-state index contributed by atoms with van der Waals surface area (Å²) in [6, 6.07) is 9.85. The van der Waals surface area contributed by atoms with E-state index in [0.717, 1.165) is 58.7 Å². The van der Waals surface area contributed by atoms with E-state index in [0.29, 0.717) is 5.88 Å². The van der Waals surface area contributed by atoms with Crippen LogP contribution in [0.2, 0.25) is 0 Å². The van der Waals surface area contributed by atoms with Crippen molar-refractivity contribution in [2.75, 3.05) is 7.11 Å². The van der Waals surface area contributed by atoms with Crippen LogP contribution in [0.3, 0.4) is 0 Å². The maximum Gasteiger partial charge on any atom is 0.329 e. The van der Waals surface area contributed by atoms with Crippen molar-refractivity contribution in [1.82, 2.24) is 24.4 Å². The van der Waals surface area contributed by atoms with Gasteiger partial charge in [0.15, 0.2) is 0 Å². The van der Waals surface area contributed by atoms with Crippen molar-refractivity contribution >= 4 is 27.8 Å². The maximum atomic E-state index is 13.4. The molecule has 0 bridgehead atoms. The molecule has 2 N–H and O–H groups in total. The number of aliphatic hydroxyl groups is 1. The number of nitrogens with one attached hydrogen (secondary N) is 1. The number of rotatable bonds is 5. The minimum atomic E-state index is -1.03. The van der Waals surface area contributed by atoms with E-state index < -0.39 is 6.10 Å². The molecule has 0 unspecified atom stereocenters. The standard InChI is InChI=1S/C26H29N5O4/c1-15(32)25(33)29-18-6-8-19(9-7-18)31-24-20-12-16(17-5-11-23(35-3)28-13-17)4-10-21(20)27-14-22(24)30(2)26(31)34/h4-5,10-15,18-19,32H,6-9H2,1-3H3,(H,29,33)/t15-,18?,19?/m1/s1. The van der Waals surface area contributed by atoms with Gasteiger partial charge in [-0.05, 0) is 56.4 Å². The van der Waals surface area contributed by atoms with Gasteiger partial charge in [0, 0.05) is 42.3 Å². The van der Waals surface area contributed by atoms with Crippen LogP contribution >= 0.6 is 0 Å². The van der Waals surface area contributed by atoms with Gasteiger partial charge in [-0.1, -0.05) is 6.07 Å². The number of methoxy groups -OCH3 is 1. The monoisotopic (exact) mass is 475 g/mol. The minimum Gasteiger partial charge on any atom is -0.481 e. The Morgan fingerprint density at radius 3 is 2.51 bits per heavy atom. The van der Waals surface area contributed by atoms with Gasteiger partial charge in [-0.25, -0.2) is 9.78 Å². The number of carbonyl (C=O) groups excluding carboxylic acids is 1. The zero-order chi connectivity index (χ0) is 24.7. The number of aliphatic hydroxyl groups excluding tert-OH is 1. The van der Waals surface area contributed by atoms with E-state index in [-0.39, 0.29) is 23.7 Å². The summed E-state index contributed by atoms with van der Waals surface area (Å²) in [6.45, 7) is 1.46. The molecule has 3 aromatic heterocycles. The maximum absolute atomic E-state index is 13.4. The largest absolute Gasteiger partial charge is 0.481 e. The number of hydrogen-bond donors (Lipinski definition) is 2. The lowest BCUT2D eigenvalue weighted by molar-refractivity contribution is -0.129. The summed E-state index contributed by atoms with van der Waals surface area (Å²) in [5.74, 6) is 0.198. The zero-order valence-electron chi connectivity index (χ0n) is 20.1. The molecule has 9 heteroatoms. The Balaban J connectivity index is 1.55. The van der Waals surface area contributed by atoms with E-state index in [1.165, 1.54) is 6.92 Å². The predicted octanol–water partition coefficient (Wildman–Crippen LogP) is 2.94. The molecule has 1 amide bonds. The molecule has 3 heterocycles. The number of amides is 1. The summed E-state index contributed by atoms with van der Waals surface area (Å²) in [5, 5.41) is 13.3. The van der Waals surface area contributed by atoms with Crippen molar-refractivity contribution in [2.24, 2.45) is 7.05 Å². The van der Waals surface area contributed by atoms with Gasteiger partial charge in [-0.3, -0.25) is 18.9 Å². The Kier molecular flexibility index (Phi) is 6.02. The van der Waals surface area contributed by atoms with E-state index in [9.17, 15) is 14.7 Å². The normalized spacial score (nSPS) is 19.1. The van der Waals surface area contributed by atoms with Gasteiger partial charge in [0.05, 0.1) is 29.9 Å². The van der Waals surface area contributed by atoms with Crippen LogP contribution in [-0.2, 0) is 11.8 Å². The van der Waals surface area contributed by atoms with Crippen molar-refractivity contribution in [2.45, 2.75) is 50.8 Å². The van der Waals surface area contributed by atoms with Gasteiger partial charge >= 0.3 is 5.69 Å². The first-order chi connectivity index (χ1) is 16.9. The van der Waals surface area contributed by atoms with Crippen LogP contribution in [0.4, 0.5) is 0 Å². The number of benzene rings is 1. The average molecular weight is 476 g/mol. The molecule has 1 fully saturated rings. The number of fused-ring (bicyclic) bond motifs is 3. The van der Waals surface area contributed by atoms with Gasteiger partial charge in [0.25, 0.3) is 0 Å². The highest BCUT2D eigenvalue weighted by Crippen LogP contribution is 2.34. The fraction of sp³-hybridized carbons (Fsp3) is 0.385. The lowest BCUT2D eigenvalue weighted by Gasteiger charge is -2.30. The van der Waals surface area contributed by atoms with E-state index >= 15 is 0 Å². The second-order valence-corrected chi connectivity index (χ2v) is 9.21. The number of ether oxygens (including phenoxy) is 1. The Hall–Kier alpha value is -3.72. The lowest BCUT2D eigenvalue weighted by atomic mass is 9.90. The third kappa shape index (κ3) is 4.16. The van der Waals surface area contributed by atoms with Crippen LogP contribution in [0.5, 0.6) is 5.88 Å². The lowest BCUT2D eigenvalue weighted by Crippen LogP contribution is -2.42. The Bertz CT molecular complexity index is 1450. The molecule has 182 valence electrons. The first-order valence-corrected chi connectivity index (χ1v) is 11.9. The van der Waals surface area contributed by atoms with Gasteiger partial charge in [-0.15, -0.1) is 0 Å². The van der Waals surface area contributed by atoms with Crippen LogP contribution in [0.1, 0.15) is 38.6 Å². The van der Waals surface area contributed by atoms with Crippen LogP contribution in [0.15, 0.2) is 47.5 Å². The Morgan fingerprint density at radius 1 is 1.11 bits per heavy atom. The van der Waals surface area contributed by atoms with Gasteiger partial charge in [0.2, 0.25) is 11.8 Å². The van der Waals surface area contributed by atoms with Crippen LogP contribution in [0.25, 0.3) is 33.1 Å². The highest BCUT2D eigenvalue weighted by molar-refractivity contribution is 6.04. The summed E-state index contributed by atoms with van der Waals surface area (Å²) in [4.78, 5) is 34.2. The number of aryl methyl sites for hydroxylation is 1. The van der Waals surface area contributed by atoms with Crippen molar-refractivity contribution in [3.63, 3.8) is 0 Å². The first kappa shape index (κ1) is 23.0. The molecule has 1 atom stereocenters. The SMILES string of the molecule is COc1ccc(-c2ccc3ncc4c(c3c2)n(C2CCC(NC(=O)[C@@H](C)O)CC2)c(=O)n4C)cn1. The number of nitrogens with zero attached hydrogens (tertiary/aromatic N) is 4. The van der Waals surface area contributed by atoms with Crippen molar-refractivity contribution < 1.29 is 14.6 Å². The second kappa shape index (κ2) is 9.14. The highest BCUT2D eigenvalue weighted by atomic mass is 16.5. The molecule has 1 aliphatic rings. The minimum absolute atomic E-state index is 0.00612. The predicted molar refractivity (Wildman–Crippen MR) is 133 cm³/mol. The number of hydrogen-bond acceptors (Lipinski definition) is 6. The quantitative estimate of drug-likeness (QED) is 0.459. The fourth-order valence-electron chi connectivity index (χ4n) is 5.02. The molecule has 4 aromatic rings. The molecule has 0 radical (unpaired) electrons. The number of imidazole rings is 1. The summed E-state index contributed by atoms with van der Waals surface area (Å²) in [6.07, 6.45) is 5.52. The summed E-state index contributed by atoms with van der Waals surface area (Å²) in [5.41, 5.74) is 4.35. The molecule has 0 saturated heterocycles.